The predicted molar refractivity (Wildman–Crippen MR) is 110 cm³/mol. The number of benzene rings is 1. The highest BCUT2D eigenvalue weighted by Gasteiger charge is 2.47. The summed E-state index contributed by atoms with van der Waals surface area (Å²) in [4.78, 5) is 28.8. The number of likely N-dealkylation sites (tertiary alicyclic amines) is 1. The normalized spacial score (nSPS) is 22.0. The molecule has 2 saturated heterocycles. The minimum absolute atomic E-state index is 0.0827. The Hall–Kier alpha value is -2.90. The number of Topliss-reactive ketones (excluding diaryl/α,β-unsaturated/α-hetero) is 1. The molecule has 0 radical (unpaired) electrons. The number of hydrogen-bond donors (Lipinski definition) is 2. The lowest BCUT2D eigenvalue weighted by molar-refractivity contribution is -0.908. The van der Waals surface area contributed by atoms with Gasteiger partial charge >= 0.3 is 0 Å². The molecule has 0 unspecified atom stereocenters. The molecule has 2 N–H and O–H groups in total. The van der Waals surface area contributed by atoms with Gasteiger partial charge in [0.05, 0.1) is 25.3 Å². The highest BCUT2D eigenvalue weighted by molar-refractivity contribution is 6.46. The number of quaternary nitrogens is 1. The molecule has 7 heteroatoms. The van der Waals surface area contributed by atoms with E-state index >= 15 is 0 Å². The SMILES string of the molecule is Cc1ccc([C@H]2C(=C(O)c3ccccc3)C(=O)C(=O)N2CCC[NH+]2CCOCC2)o1. The summed E-state index contributed by atoms with van der Waals surface area (Å²) in [6.45, 7) is 6.54. The van der Waals surface area contributed by atoms with Crippen LogP contribution in [0.1, 0.15) is 29.5 Å². The van der Waals surface area contributed by atoms with Gasteiger partial charge in [0.1, 0.15) is 36.4 Å². The largest absolute Gasteiger partial charge is 0.507 e. The summed E-state index contributed by atoms with van der Waals surface area (Å²) in [5.74, 6) is -0.261. The lowest BCUT2D eigenvalue weighted by Gasteiger charge is -2.26. The third-order valence-electron chi connectivity index (χ3n) is 5.75. The molecular formula is C23H27N2O5+. The minimum atomic E-state index is -0.724. The topological polar surface area (TPSA) is 84.4 Å². The van der Waals surface area contributed by atoms with Gasteiger partial charge in [-0.1, -0.05) is 30.3 Å². The maximum Gasteiger partial charge on any atom is 0.295 e. The van der Waals surface area contributed by atoms with Gasteiger partial charge in [0.2, 0.25) is 0 Å². The molecule has 0 bridgehead atoms. The molecule has 1 aromatic carbocycles. The molecule has 4 rings (SSSR count). The van der Waals surface area contributed by atoms with Crippen molar-refractivity contribution < 1.29 is 28.7 Å². The van der Waals surface area contributed by atoms with Crippen LogP contribution in [0.2, 0.25) is 0 Å². The fourth-order valence-electron chi connectivity index (χ4n) is 4.17. The number of aryl methyl sites for hydroxylation is 1. The van der Waals surface area contributed by atoms with Crippen LogP contribution in [0, 0.1) is 6.92 Å². The predicted octanol–water partition coefficient (Wildman–Crippen LogP) is 1.31. The smallest absolute Gasteiger partial charge is 0.295 e. The molecule has 0 saturated carbocycles. The average molecular weight is 411 g/mol. The first-order chi connectivity index (χ1) is 14.6. The van der Waals surface area contributed by atoms with E-state index in [0.29, 0.717) is 23.6 Å². The Morgan fingerprint density at radius 2 is 1.87 bits per heavy atom. The van der Waals surface area contributed by atoms with Crippen molar-refractivity contribution in [2.75, 3.05) is 39.4 Å². The van der Waals surface area contributed by atoms with E-state index in [-0.39, 0.29) is 11.3 Å². The quantitative estimate of drug-likeness (QED) is 0.426. The summed E-state index contributed by atoms with van der Waals surface area (Å²) in [6.07, 6.45) is 0.754. The second-order valence-electron chi connectivity index (χ2n) is 7.77. The van der Waals surface area contributed by atoms with Crippen molar-refractivity contribution in [2.45, 2.75) is 19.4 Å². The van der Waals surface area contributed by atoms with Crippen molar-refractivity contribution >= 4 is 17.4 Å². The van der Waals surface area contributed by atoms with E-state index in [0.717, 1.165) is 39.3 Å². The number of rotatable bonds is 6. The van der Waals surface area contributed by atoms with Crippen LogP contribution in [0.15, 0.2) is 52.5 Å². The molecule has 1 amide bonds. The average Bonchev–Trinajstić information content (AvgIpc) is 3.31. The lowest BCUT2D eigenvalue weighted by Crippen LogP contribution is -3.14. The van der Waals surface area contributed by atoms with Crippen LogP contribution in [-0.4, -0.2) is 61.1 Å². The minimum Gasteiger partial charge on any atom is -0.507 e. The molecule has 158 valence electrons. The molecule has 2 aliphatic heterocycles. The molecule has 3 heterocycles. The van der Waals surface area contributed by atoms with Gasteiger partial charge in [-0.2, -0.15) is 0 Å². The zero-order valence-corrected chi connectivity index (χ0v) is 17.1. The number of carbonyl (C=O) groups excluding carboxylic acids is 2. The molecule has 1 atom stereocenters. The standard InChI is InChI=1S/C23H26N2O5/c1-16-8-9-18(30-16)20-19(21(26)17-6-3-2-4-7-17)22(27)23(28)25(20)11-5-10-24-12-14-29-15-13-24/h2-4,6-9,20,26H,5,10-15H2,1H3/p+1/t20-/m0/s1. The monoisotopic (exact) mass is 411 g/mol. The van der Waals surface area contributed by atoms with Gasteiger partial charge in [0.15, 0.2) is 0 Å². The van der Waals surface area contributed by atoms with Crippen LogP contribution >= 0.6 is 0 Å². The molecule has 0 aliphatic carbocycles. The molecule has 7 nitrogen and oxygen atoms in total. The highest BCUT2D eigenvalue weighted by atomic mass is 16.5. The van der Waals surface area contributed by atoms with E-state index in [1.165, 1.54) is 9.80 Å². The number of aliphatic hydroxyl groups is 1. The molecule has 1 aromatic heterocycles. The lowest BCUT2D eigenvalue weighted by atomic mass is 9.99. The molecular weight excluding hydrogens is 384 g/mol. The van der Waals surface area contributed by atoms with Crippen LogP contribution in [-0.2, 0) is 14.3 Å². The summed E-state index contributed by atoms with van der Waals surface area (Å²) < 4.78 is 11.2. The highest BCUT2D eigenvalue weighted by Crippen LogP contribution is 2.39. The van der Waals surface area contributed by atoms with E-state index in [1.807, 2.05) is 13.0 Å². The molecule has 2 aromatic rings. The molecule has 2 aliphatic rings. The summed E-state index contributed by atoms with van der Waals surface area (Å²) in [6, 6.07) is 11.7. The molecule has 0 spiro atoms. The van der Waals surface area contributed by atoms with E-state index in [2.05, 4.69) is 0 Å². The first-order valence-electron chi connectivity index (χ1n) is 10.4. The maximum absolute atomic E-state index is 12.9. The Labute approximate surface area is 175 Å². The van der Waals surface area contributed by atoms with Crippen LogP contribution < -0.4 is 4.90 Å². The van der Waals surface area contributed by atoms with Crippen molar-refractivity contribution in [3.8, 4) is 0 Å². The first-order valence-corrected chi connectivity index (χ1v) is 10.4. The number of morpholine rings is 1. The van der Waals surface area contributed by atoms with Crippen LogP contribution in [0.25, 0.3) is 5.76 Å². The van der Waals surface area contributed by atoms with Crippen molar-refractivity contribution in [3.05, 3.63) is 65.1 Å². The van der Waals surface area contributed by atoms with Crippen molar-refractivity contribution in [1.29, 1.82) is 0 Å². The van der Waals surface area contributed by atoms with Gasteiger partial charge in [-0.25, -0.2) is 0 Å². The van der Waals surface area contributed by atoms with Crippen molar-refractivity contribution in [2.24, 2.45) is 0 Å². The van der Waals surface area contributed by atoms with Gasteiger partial charge in [-0.05, 0) is 19.1 Å². The second-order valence-corrected chi connectivity index (χ2v) is 7.77. The Bertz CT molecular complexity index is 944. The fourth-order valence-corrected chi connectivity index (χ4v) is 4.17. The third kappa shape index (κ3) is 4.04. The van der Waals surface area contributed by atoms with E-state index in [9.17, 15) is 14.7 Å². The number of ketones is 1. The van der Waals surface area contributed by atoms with Crippen LogP contribution in [0.3, 0.4) is 0 Å². The summed E-state index contributed by atoms with van der Waals surface area (Å²) >= 11 is 0. The Morgan fingerprint density at radius 3 is 2.53 bits per heavy atom. The third-order valence-corrected chi connectivity index (χ3v) is 5.75. The van der Waals surface area contributed by atoms with Gasteiger partial charge in [0, 0.05) is 18.5 Å². The van der Waals surface area contributed by atoms with Crippen molar-refractivity contribution in [3.63, 3.8) is 0 Å². The van der Waals surface area contributed by atoms with Crippen molar-refractivity contribution in [1.82, 2.24) is 4.90 Å². The number of nitrogens with zero attached hydrogens (tertiary/aromatic N) is 1. The second kappa shape index (κ2) is 8.85. The van der Waals surface area contributed by atoms with Crippen LogP contribution in [0.4, 0.5) is 0 Å². The van der Waals surface area contributed by atoms with Gasteiger partial charge < -0.3 is 24.1 Å². The van der Waals surface area contributed by atoms with E-state index in [4.69, 9.17) is 9.15 Å². The number of carbonyl (C=O) groups is 2. The van der Waals surface area contributed by atoms with Gasteiger partial charge in [0.25, 0.3) is 11.7 Å². The Morgan fingerprint density at radius 1 is 1.13 bits per heavy atom. The molecule has 2 fully saturated rings. The number of hydrogen-bond acceptors (Lipinski definition) is 5. The zero-order valence-electron chi connectivity index (χ0n) is 17.1. The fraction of sp³-hybridized carbons (Fsp3) is 0.391. The number of aliphatic hydroxyl groups excluding tert-OH is 1. The number of amides is 1. The Balaban J connectivity index is 1.63. The number of nitrogens with one attached hydrogen (secondary N) is 1. The van der Waals surface area contributed by atoms with E-state index in [1.54, 1.807) is 36.4 Å². The van der Waals surface area contributed by atoms with Gasteiger partial charge in [-0.15, -0.1) is 0 Å². The zero-order chi connectivity index (χ0) is 21.1. The molecule has 30 heavy (non-hydrogen) atoms. The van der Waals surface area contributed by atoms with E-state index < -0.39 is 17.7 Å². The maximum atomic E-state index is 12.9. The summed E-state index contributed by atoms with van der Waals surface area (Å²) in [5, 5.41) is 10.9. The first kappa shape index (κ1) is 20.4. The number of ether oxygens (including phenoxy) is 1. The Kier molecular flexibility index (Phi) is 6.01. The van der Waals surface area contributed by atoms with Gasteiger partial charge in [-0.3, -0.25) is 9.59 Å². The number of furan rings is 1. The summed E-state index contributed by atoms with van der Waals surface area (Å²) in [7, 11) is 0. The summed E-state index contributed by atoms with van der Waals surface area (Å²) in [5.41, 5.74) is 0.584. The van der Waals surface area contributed by atoms with Crippen LogP contribution in [0.5, 0.6) is 0 Å².